The van der Waals surface area contributed by atoms with E-state index in [-0.39, 0.29) is 18.2 Å². The van der Waals surface area contributed by atoms with Crippen molar-refractivity contribution in [2.24, 2.45) is 0 Å². The van der Waals surface area contributed by atoms with Gasteiger partial charge in [0, 0.05) is 25.7 Å². The van der Waals surface area contributed by atoms with Gasteiger partial charge < -0.3 is 10.1 Å². The van der Waals surface area contributed by atoms with Crippen LogP contribution in [0.5, 0.6) is 5.75 Å². The summed E-state index contributed by atoms with van der Waals surface area (Å²) in [5.74, 6) is -0.158. The highest BCUT2D eigenvalue weighted by Crippen LogP contribution is 2.24. The number of likely N-dealkylation sites (tertiary alicyclic amines) is 1. The maximum atomic E-state index is 12.1. The minimum absolute atomic E-state index is 0. The van der Waals surface area contributed by atoms with Crippen LogP contribution in [0.3, 0.4) is 0 Å². The van der Waals surface area contributed by atoms with Gasteiger partial charge in [0.2, 0.25) is 0 Å². The SMILES string of the molecule is CNC1CCN(Cc2cccc(OC(F)(F)F)c2)C1.Cl. The van der Waals surface area contributed by atoms with Gasteiger partial charge in [-0.3, -0.25) is 4.90 Å². The molecule has 20 heavy (non-hydrogen) atoms. The van der Waals surface area contributed by atoms with Gasteiger partial charge in [-0.25, -0.2) is 0 Å². The molecule has 1 heterocycles. The molecular weight excluding hydrogens is 293 g/mol. The van der Waals surface area contributed by atoms with Gasteiger partial charge in [0.25, 0.3) is 0 Å². The molecule has 114 valence electrons. The average Bonchev–Trinajstić information content (AvgIpc) is 2.75. The number of ether oxygens (including phenoxy) is 1. The van der Waals surface area contributed by atoms with Crippen LogP contribution in [0.25, 0.3) is 0 Å². The molecule has 0 aromatic heterocycles. The molecule has 0 amide bonds. The summed E-state index contributed by atoms with van der Waals surface area (Å²) in [6, 6.07) is 6.63. The predicted octanol–water partition coefficient (Wildman–Crippen LogP) is 2.80. The monoisotopic (exact) mass is 310 g/mol. The molecular formula is C13H18ClF3N2O. The molecule has 0 bridgehead atoms. The molecule has 0 spiro atoms. The Labute approximate surface area is 122 Å². The van der Waals surface area contributed by atoms with Crippen LogP contribution < -0.4 is 10.1 Å². The molecule has 2 rings (SSSR count). The molecule has 1 aliphatic heterocycles. The van der Waals surface area contributed by atoms with Crippen LogP contribution in [0, 0.1) is 0 Å². The summed E-state index contributed by atoms with van der Waals surface area (Å²) in [5, 5.41) is 3.21. The van der Waals surface area contributed by atoms with Crippen molar-refractivity contribution in [3.05, 3.63) is 29.8 Å². The number of nitrogens with zero attached hydrogens (tertiary/aromatic N) is 1. The third kappa shape index (κ3) is 5.19. The summed E-state index contributed by atoms with van der Waals surface area (Å²) in [5.41, 5.74) is 0.832. The third-order valence-corrected chi connectivity index (χ3v) is 3.22. The van der Waals surface area contributed by atoms with E-state index in [2.05, 4.69) is 15.0 Å². The molecule has 1 N–H and O–H groups in total. The summed E-state index contributed by atoms with van der Waals surface area (Å²) >= 11 is 0. The van der Waals surface area contributed by atoms with Crippen LogP contribution in [-0.2, 0) is 6.54 Å². The summed E-state index contributed by atoms with van der Waals surface area (Å²) in [4.78, 5) is 2.22. The van der Waals surface area contributed by atoms with Gasteiger partial charge in [-0.15, -0.1) is 25.6 Å². The van der Waals surface area contributed by atoms with Gasteiger partial charge in [-0.2, -0.15) is 0 Å². The van der Waals surface area contributed by atoms with E-state index in [0.717, 1.165) is 25.1 Å². The average molecular weight is 311 g/mol. The molecule has 7 heteroatoms. The lowest BCUT2D eigenvalue weighted by Gasteiger charge is -2.16. The second-order valence-electron chi connectivity index (χ2n) is 4.70. The summed E-state index contributed by atoms with van der Waals surface area (Å²) in [6.07, 6.45) is -3.57. The summed E-state index contributed by atoms with van der Waals surface area (Å²) in [7, 11) is 1.92. The van der Waals surface area contributed by atoms with Crippen molar-refractivity contribution >= 4 is 12.4 Å². The minimum atomic E-state index is -4.64. The van der Waals surface area contributed by atoms with E-state index in [0.29, 0.717) is 12.6 Å². The van der Waals surface area contributed by atoms with E-state index in [1.54, 1.807) is 6.07 Å². The second-order valence-corrected chi connectivity index (χ2v) is 4.70. The molecule has 1 aromatic carbocycles. The van der Waals surface area contributed by atoms with Gasteiger partial charge in [0.15, 0.2) is 0 Å². The molecule has 0 aliphatic carbocycles. The maximum absolute atomic E-state index is 12.1. The van der Waals surface area contributed by atoms with Crippen molar-refractivity contribution in [2.75, 3.05) is 20.1 Å². The van der Waals surface area contributed by atoms with Gasteiger partial charge in [-0.1, -0.05) is 12.1 Å². The first-order valence-corrected chi connectivity index (χ1v) is 6.20. The number of rotatable bonds is 4. The van der Waals surface area contributed by atoms with Crippen molar-refractivity contribution in [3.8, 4) is 5.75 Å². The number of likely N-dealkylation sites (N-methyl/N-ethyl adjacent to an activating group) is 1. The number of halogens is 4. The second kappa shape index (κ2) is 7.15. The first kappa shape index (κ1) is 17.1. The van der Waals surface area contributed by atoms with Crippen LogP contribution in [0.1, 0.15) is 12.0 Å². The van der Waals surface area contributed by atoms with E-state index in [4.69, 9.17) is 0 Å². The molecule has 1 aliphatic rings. The quantitative estimate of drug-likeness (QED) is 0.925. The number of nitrogens with one attached hydrogen (secondary N) is 1. The molecule has 0 saturated carbocycles. The smallest absolute Gasteiger partial charge is 0.406 e. The van der Waals surface area contributed by atoms with Crippen LogP contribution in [-0.4, -0.2) is 37.4 Å². The molecule has 1 atom stereocenters. The number of benzene rings is 1. The largest absolute Gasteiger partial charge is 0.573 e. The molecule has 1 fully saturated rings. The Morgan fingerprint density at radius 3 is 2.75 bits per heavy atom. The normalized spacial score (nSPS) is 19.7. The lowest BCUT2D eigenvalue weighted by molar-refractivity contribution is -0.274. The fraction of sp³-hybridized carbons (Fsp3) is 0.538. The predicted molar refractivity (Wildman–Crippen MR) is 73.1 cm³/mol. The van der Waals surface area contributed by atoms with E-state index in [1.165, 1.54) is 12.1 Å². The topological polar surface area (TPSA) is 24.5 Å². The van der Waals surface area contributed by atoms with Crippen molar-refractivity contribution in [2.45, 2.75) is 25.4 Å². The standard InChI is InChI=1S/C13H17F3N2O.ClH/c1-17-11-5-6-18(9-11)8-10-3-2-4-12(7-10)19-13(14,15)16;/h2-4,7,11,17H,5-6,8-9H2,1H3;1H. The molecule has 1 saturated heterocycles. The number of alkyl halides is 3. The van der Waals surface area contributed by atoms with Crippen LogP contribution in [0.15, 0.2) is 24.3 Å². The number of hydrogen-bond acceptors (Lipinski definition) is 3. The van der Waals surface area contributed by atoms with Crippen LogP contribution in [0.4, 0.5) is 13.2 Å². The van der Waals surface area contributed by atoms with Crippen molar-refractivity contribution in [1.29, 1.82) is 0 Å². The van der Waals surface area contributed by atoms with E-state index in [1.807, 2.05) is 13.1 Å². The molecule has 1 unspecified atom stereocenters. The highest BCUT2D eigenvalue weighted by atomic mass is 35.5. The Hall–Kier alpha value is -0.980. The highest BCUT2D eigenvalue weighted by molar-refractivity contribution is 5.85. The van der Waals surface area contributed by atoms with Gasteiger partial charge in [0.05, 0.1) is 0 Å². The fourth-order valence-electron chi connectivity index (χ4n) is 2.31. The molecule has 0 radical (unpaired) electrons. The van der Waals surface area contributed by atoms with Gasteiger partial charge in [-0.05, 0) is 31.2 Å². The fourth-order valence-corrected chi connectivity index (χ4v) is 2.31. The number of hydrogen-bond donors (Lipinski definition) is 1. The maximum Gasteiger partial charge on any atom is 0.573 e. The van der Waals surface area contributed by atoms with Crippen molar-refractivity contribution in [1.82, 2.24) is 10.2 Å². The van der Waals surface area contributed by atoms with Crippen molar-refractivity contribution in [3.63, 3.8) is 0 Å². The summed E-state index contributed by atoms with van der Waals surface area (Å²) in [6.45, 7) is 2.52. The Bertz CT molecular complexity index is 428. The first-order chi connectivity index (χ1) is 8.96. The van der Waals surface area contributed by atoms with Crippen molar-refractivity contribution < 1.29 is 17.9 Å². The van der Waals surface area contributed by atoms with E-state index in [9.17, 15) is 13.2 Å². The highest BCUT2D eigenvalue weighted by Gasteiger charge is 2.31. The third-order valence-electron chi connectivity index (χ3n) is 3.22. The lowest BCUT2D eigenvalue weighted by atomic mass is 10.2. The minimum Gasteiger partial charge on any atom is -0.406 e. The molecule has 1 aromatic rings. The van der Waals surface area contributed by atoms with Crippen LogP contribution in [0.2, 0.25) is 0 Å². The van der Waals surface area contributed by atoms with E-state index >= 15 is 0 Å². The van der Waals surface area contributed by atoms with Gasteiger partial charge >= 0.3 is 6.36 Å². The Morgan fingerprint density at radius 1 is 1.40 bits per heavy atom. The zero-order chi connectivity index (χ0) is 13.9. The van der Waals surface area contributed by atoms with E-state index < -0.39 is 6.36 Å². The zero-order valence-electron chi connectivity index (χ0n) is 11.1. The first-order valence-electron chi connectivity index (χ1n) is 6.20. The van der Waals surface area contributed by atoms with Gasteiger partial charge in [0.1, 0.15) is 5.75 Å². The Morgan fingerprint density at radius 2 is 2.15 bits per heavy atom. The lowest BCUT2D eigenvalue weighted by Crippen LogP contribution is -2.29. The van der Waals surface area contributed by atoms with Crippen LogP contribution >= 0.6 is 12.4 Å². The molecule has 3 nitrogen and oxygen atoms in total. The Kier molecular flexibility index (Phi) is 6.10. The zero-order valence-corrected chi connectivity index (χ0v) is 11.9. The Balaban J connectivity index is 0.00000200. The summed E-state index contributed by atoms with van der Waals surface area (Å²) < 4.78 is 40.3.